The van der Waals surface area contributed by atoms with Gasteiger partial charge in [-0.05, 0) is 53.8 Å². The molecule has 0 bridgehead atoms. The van der Waals surface area contributed by atoms with Crippen LogP contribution in [0.15, 0.2) is 72.8 Å². The summed E-state index contributed by atoms with van der Waals surface area (Å²) in [7, 11) is 0. The third-order valence-corrected chi connectivity index (χ3v) is 7.51. The van der Waals surface area contributed by atoms with Gasteiger partial charge in [-0.25, -0.2) is 8.78 Å². The van der Waals surface area contributed by atoms with Gasteiger partial charge in [0, 0.05) is 57.4 Å². The highest BCUT2D eigenvalue weighted by Gasteiger charge is 2.26. The molecule has 1 fully saturated rings. The maximum atomic E-state index is 14.3. The molecule has 1 amide bonds. The van der Waals surface area contributed by atoms with Gasteiger partial charge < -0.3 is 9.80 Å². The van der Waals surface area contributed by atoms with E-state index in [0.717, 1.165) is 81.0 Å². The highest BCUT2D eigenvalue weighted by atomic mass is 19.1. The number of amides is 1. The molecule has 0 aromatic heterocycles. The highest BCUT2D eigenvalue weighted by Crippen LogP contribution is 2.39. The van der Waals surface area contributed by atoms with Crippen molar-refractivity contribution in [2.45, 2.75) is 25.2 Å². The third-order valence-electron chi connectivity index (χ3n) is 7.51. The molecule has 0 radical (unpaired) electrons. The first-order valence-electron chi connectivity index (χ1n) is 12.9. The minimum atomic E-state index is -0.241. The Bertz CT molecular complexity index is 1160. The van der Waals surface area contributed by atoms with Gasteiger partial charge in [-0.3, -0.25) is 9.69 Å². The number of hydrogen-bond acceptors (Lipinski definition) is 3. The van der Waals surface area contributed by atoms with E-state index in [1.165, 1.54) is 18.2 Å². The van der Waals surface area contributed by atoms with Crippen LogP contribution in [0.1, 0.15) is 35.4 Å². The number of fused-ring (bicyclic) bond motifs is 1. The fraction of sp³-hybridized carbons (Fsp3) is 0.367. The van der Waals surface area contributed by atoms with E-state index in [-0.39, 0.29) is 23.5 Å². The normalized spacial score (nSPS) is 18.6. The summed E-state index contributed by atoms with van der Waals surface area (Å²) in [5, 5.41) is 0. The first-order chi connectivity index (χ1) is 17.6. The van der Waals surface area contributed by atoms with Crippen LogP contribution in [0.2, 0.25) is 0 Å². The van der Waals surface area contributed by atoms with Gasteiger partial charge in [-0.15, -0.1) is 0 Å². The maximum absolute atomic E-state index is 14.3. The molecule has 188 valence electrons. The lowest BCUT2D eigenvalue weighted by molar-refractivity contribution is -0.132. The zero-order valence-corrected chi connectivity index (χ0v) is 20.6. The number of carbonyl (C=O) groups is 1. The molecule has 1 saturated heterocycles. The van der Waals surface area contributed by atoms with E-state index in [1.54, 1.807) is 6.07 Å². The average molecular weight is 490 g/mol. The number of hydrogen-bond donors (Lipinski definition) is 0. The Morgan fingerprint density at radius 2 is 1.53 bits per heavy atom. The Labute approximate surface area is 212 Å². The van der Waals surface area contributed by atoms with Crippen molar-refractivity contribution in [2.75, 3.05) is 50.7 Å². The van der Waals surface area contributed by atoms with Crippen LogP contribution in [0.4, 0.5) is 14.5 Å². The van der Waals surface area contributed by atoms with Crippen molar-refractivity contribution in [3.8, 4) is 0 Å². The molecule has 1 unspecified atom stereocenters. The molecule has 6 heteroatoms. The number of anilines is 1. The third kappa shape index (κ3) is 5.76. The van der Waals surface area contributed by atoms with Crippen LogP contribution in [0.5, 0.6) is 0 Å². The number of benzene rings is 3. The minimum Gasteiger partial charge on any atom is -0.370 e. The summed E-state index contributed by atoms with van der Waals surface area (Å²) >= 11 is 0. The topological polar surface area (TPSA) is 26.8 Å². The number of nitrogens with zero attached hydrogens (tertiary/aromatic N) is 3. The van der Waals surface area contributed by atoms with Crippen LogP contribution >= 0.6 is 0 Å². The van der Waals surface area contributed by atoms with Crippen molar-refractivity contribution in [3.63, 3.8) is 0 Å². The first kappa shape index (κ1) is 24.4. The molecule has 2 heterocycles. The second-order valence-corrected chi connectivity index (χ2v) is 9.82. The van der Waals surface area contributed by atoms with Gasteiger partial charge in [0.2, 0.25) is 5.91 Å². The van der Waals surface area contributed by atoms with Gasteiger partial charge in [0.1, 0.15) is 11.6 Å². The minimum absolute atomic E-state index is 0.130. The molecular formula is C30H33F2N3O. The Kier molecular flexibility index (Phi) is 7.61. The Morgan fingerprint density at radius 1 is 0.806 bits per heavy atom. The number of rotatable bonds is 6. The molecule has 1 atom stereocenters. The molecule has 3 aromatic carbocycles. The van der Waals surface area contributed by atoms with Crippen LogP contribution < -0.4 is 4.90 Å². The van der Waals surface area contributed by atoms with Crippen LogP contribution in [0.25, 0.3) is 0 Å². The van der Waals surface area contributed by atoms with Crippen molar-refractivity contribution in [2.24, 2.45) is 0 Å². The Hall–Kier alpha value is -3.25. The average Bonchev–Trinajstić information content (AvgIpc) is 3.08. The molecule has 3 aromatic rings. The predicted octanol–water partition coefficient (Wildman–Crippen LogP) is 5.08. The fourth-order valence-electron chi connectivity index (χ4n) is 5.49. The second-order valence-electron chi connectivity index (χ2n) is 9.82. The van der Waals surface area contributed by atoms with Crippen LogP contribution in [0, 0.1) is 11.6 Å². The summed E-state index contributed by atoms with van der Waals surface area (Å²) in [5.74, 6) is -0.158. The van der Waals surface area contributed by atoms with Crippen molar-refractivity contribution < 1.29 is 13.6 Å². The largest absolute Gasteiger partial charge is 0.370 e. The summed E-state index contributed by atoms with van der Waals surface area (Å²) in [6, 6.07) is 21.7. The summed E-state index contributed by atoms with van der Waals surface area (Å²) in [6.45, 7) is 5.73. The van der Waals surface area contributed by atoms with Crippen molar-refractivity contribution >= 4 is 11.6 Å². The van der Waals surface area contributed by atoms with E-state index >= 15 is 0 Å². The fourth-order valence-corrected chi connectivity index (χ4v) is 5.49. The monoisotopic (exact) mass is 489 g/mol. The van der Waals surface area contributed by atoms with E-state index in [4.69, 9.17) is 0 Å². The summed E-state index contributed by atoms with van der Waals surface area (Å²) in [4.78, 5) is 19.4. The Morgan fingerprint density at radius 3 is 2.28 bits per heavy atom. The predicted molar refractivity (Wildman–Crippen MR) is 139 cm³/mol. The molecular weight excluding hydrogens is 456 g/mol. The van der Waals surface area contributed by atoms with Gasteiger partial charge in [0.05, 0.1) is 6.42 Å². The number of halogens is 2. The first-order valence-corrected chi connectivity index (χ1v) is 12.9. The van der Waals surface area contributed by atoms with Gasteiger partial charge in [0.15, 0.2) is 0 Å². The quantitative estimate of drug-likeness (QED) is 0.483. The van der Waals surface area contributed by atoms with Crippen LogP contribution in [0.3, 0.4) is 0 Å². The molecule has 0 saturated carbocycles. The van der Waals surface area contributed by atoms with E-state index in [0.29, 0.717) is 6.42 Å². The maximum Gasteiger partial charge on any atom is 0.227 e. The molecule has 4 nitrogen and oxygen atoms in total. The van der Waals surface area contributed by atoms with Crippen molar-refractivity contribution in [1.82, 2.24) is 9.80 Å². The zero-order chi connectivity index (χ0) is 24.9. The van der Waals surface area contributed by atoms with Crippen LogP contribution in [-0.2, 0) is 11.2 Å². The van der Waals surface area contributed by atoms with Gasteiger partial charge in [-0.2, -0.15) is 0 Å². The summed E-state index contributed by atoms with van der Waals surface area (Å²) in [5.41, 5.74) is 4.17. The molecule has 0 N–H and O–H groups in total. The lowest BCUT2D eigenvalue weighted by Gasteiger charge is -2.36. The van der Waals surface area contributed by atoms with Crippen LogP contribution in [-0.4, -0.2) is 61.5 Å². The van der Waals surface area contributed by atoms with E-state index < -0.39 is 0 Å². The lowest BCUT2D eigenvalue weighted by atomic mass is 9.87. The molecule has 0 aliphatic carbocycles. The van der Waals surface area contributed by atoms with E-state index in [1.807, 2.05) is 53.4 Å². The standard InChI is InChI=1S/C30H33F2N3O/c31-25-10-8-24(9-11-25)27-7-4-14-34(29-22-26(32)12-13-28(27)29)18-15-33-16-19-35(20-17-33)30(36)21-23-5-2-1-3-6-23/h1-3,5-6,8-13,22,27H,4,7,14-21H2. The van der Waals surface area contributed by atoms with Crippen molar-refractivity contribution in [1.29, 1.82) is 0 Å². The molecule has 5 rings (SSSR count). The summed E-state index contributed by atoms with van der Waals surface area (Å²) < 4.78 is 27.8. The SMILES string of the molecule is O=C(Cc1ccccc1)N1CCN(CCN2CCCC(c3ccc(F)cc3)c3ccc(F)cc32)CC1. The summed E-state index contributed by atoms with van der Waals surface area (Å²) in [6.07, 6.45) is 2.38. The zero-order valence-electron chi connectivity index (χ0n) is 20.6. The van der Waals surface area contributed by atoms with Crippen molar-refractivity contribution in [3.05, 3.63) is 101 Å². The Balaban J connectivity index is 1.20. The highest BCUT2D eigenvalue weighted by molar-refractivity contribution is 5.78. The molecule has 2 aliphatic rings. The molecule has 36 heavy (non-hydrogen) atoms. The lowest BCUT2D eigenvalue weighted by Crippen LogP contribution is -2.50. The second kappa shape index (κ2) is 11.2. The molecule has 0 spiro atoms. The van der Waals surface area contributed by atoms with Gasteiger partial charge in [-0.1, -0.05) is 48.5 Å². The smallest absolute Gasteiger partial charge is 0.227 e. The van der Waals surface area contributed by atoms with E-state index in [9.17, 15) is 13.6 Å². The van der Waals surface area contributed by atoms with E-state index in [2.05, 4.69) is 9.80 Å². The number of piperazine rings is 1. The van der Waals surface area contributed by atoms with Gasteiger partial charge >= 0.3 is 0 Å². The number of carbonyl (C=O) groups excluding carboxylic acids is 1. The van der Waals surface area contributed by atoms with Gasteiger partial charge in [0.25, 0.3) is 0 Å². The molecule has 2 aliphatic heterocycles.